The van der Waals surface area contributed by atoms with Gasteiger partial charge in [0.2, 0.25) is 5.91 Å². The first kappa shape index (κ1) is 21.0. The Hall–Kier alpha value is -3.23. The van der Waals surface area contributed by atoms with E-state index in [-0.39, 0.29) is 23.0 Å². The molecule has 6 nitrogen and oxygen atoms in total. The summed E-state index contributed by atoms with van der Waals surface area (Å²) in [6.45, 7) is 3.43. The first-order valence-electron chi connectivity index (χ1n) is 9.54. The van der Waals surface area contributed by atoms with E-state index in [0.717, 1.165) is 11.3 Å². The number of thiophene rings is 1. The molecule has 4 aromatic rings. The number of carbonyl (C=O) groups is 2. The van der Waals surface area contributed by atoms with E-state index >= 15 is 0 Å². The fourth-order valence-electron chi connectivity index (χ4n) is 3.13. The van der Waals surface area contributed by atoms with Crippen molar-refractivity contribution in [3.8, 4) is 5.69 Å². The van der Waals surface area contributed by atoms with Crippen LogP contribution in [-0.4, -0.2) is 27.0 Å². The second-order valence-electron chi connectivity index (χ2n) is 6.93. The van der Waals surface area contributed by atoms with Crippen molar-refractivity contribution >= 4 is 50.7 Å². The monoisotopic (exact) mass is 449 g/mol. The molecule has 1 amide bonds. The van der Waals surface area contributed by atoms with Gasteiger partial charge in [-0.25, -0.2) is 4.98 Å². The number of carbonyl (C=O) groups excluding carboxylic acids is 2. The van der Waals surface area contributed by atoms with Gasteiger partial charge in [0.25, 0.3) is 5.56 Å². The Morgan fingerprint density at radius 2 is 1.84 bits per heavy atom. The average molecular weight is 450 g/mol. The highest BCUT2D eigenvalue weighted by Gasteiger charge is 2.17. The third-order valence-electron chi connectivity index (χ3n) is 4.71. The molecule has 0 fully saturated rings. The number of para-hydroxylation sites is 1. The minimum absolute atomic E-state index is 0.0301. The molecule has 2 aromatic carbocycles. The first-order chi connectivity index (χ1) is 14.9. The molecule has 0 bridgehead atoms. The summed E-state index contributed by atoms with van der Waals surface area (Å²) in [6.07, 6.45) is 0. The molecule has 2 heterocycles. The molecular formula is C23H19N3O3S2. The Bertz CT molecular complexity index is 1340. The van der Waals surface area contributed by atoms with E-state index in [1.54, 1.807) is 28.8 Å². The standard InChI is InChI=1S/C23H19N3O3S2/c1-14-5-3-4-6-19(14)26-22(29)21-18(11-12-30-21)25-23(26)31-13-20(28)24-17-9-7-16(8-10-17)15(2)27/h3-12H,13H2,1-2H3,(H,24,28). The van der Waals surface area contributed by atoms with Crippen LogP contribution in [0.4, 0.5) is 5.69 Å². The summed E-state index contributed by atoms with van der Waals surface area (Å²) in [5.41, 5.74) is 3.37. The van der Waals surface area contributed by atoms with Crippen LogP contribution in [0.1, 0.15) is 22.8 Å². The van der Waals surface area contributed by atoms with Gasteiger partial charge >= 0.3 is 0 Å². The van der Waals surface area contributed by atoms with Crippen molar-refractivity contribution in [2.45, 2.75) is 19.0 Å². The molecule has 0 saturated heterocycles. The van der Waals surface area contributed by atoms with Crippen LogP contribution in [-0.2, 0) is 4.79 Å². The normalized spacial score (nSPS) is 10.9. The summed E-state index contributed by atoms with van der Waals surface area (Å²) in [5.74, 6) is -0.170. The number of nitrogens with one attached hydrogen (secondary N) is 1. The fourth-order valence-corrected chi connectivity index (χ4v) is 4.70. The molecule has 0 radical (unpaired) electrons. The highest BCUT2D eigenvalue weighted by Crippen LogP contribution is 2.25. The van der Waals surface area contributed by atoms with Gasteiger partial charge in [-0.2, -0.15) is 0 Å². The number of nitrogens with zero attached hydrogens (tertiary/aromatic N) is 2. The molecule has 0 aliphatic rings. The molecule has 0 spiro atoms. The van der Waals surface area contributed by atoms with Crippen LogP contribution in [0, 0.1) is 6.92 Å². The Labute approximate surface area is 186 Å². The van der Waals surface area contributed by atoms with Crippen LogP contribution < -0.4 is 10.9 Å². The zero-order valence-corrected chi connectivity index (χ0v) is 18.5. The van der Waals surface area contributed by atoms with E-state index in [1.807, 2.05) is 42.6 Å². The lowest BCUT2D eigenvalue weighted by Gasteiger charge is -2.14. The van der Waals surface area contributed by atoms with Gasteiger partial charge < -0.3 is 5.32 Å². The molecule has 8 heteroatoms. The molecule has 0 atom stereocenters. The van der Waals surface area contributed by atoms with Crippen molar-refractivity contribution < 1.29 is 9.59 Å². The number of Topliss-reactive ketones (excluding diaryl/α,β-unsaturated/α-hetero) is 1. The quantitative estimate of drug-likeness (QED) is 0.262. The molecule has 0 aliphatic carbocycles. The average Bonchev–Trinajstić information content (AvgIpc) is 3.23. The number of thioether (sulfide) groups is 1. The van der Waals surface area contributed by atoms with Crippen LogP contribution in [0.15, 0.2) is 69.9 Å². The number of hydrogen-bond donors (Lipinski definition) is 1. The van der Waals surface area contributed by atoms with Gasteiger partial charge in [-0.05, 0) is 61.2 Å². The summed E-state index contributed by atoms with van der Waals surface area (Å²) in [4.78, 5) is 41.7. The van der Waals surface area contributed by atoms with Crippen LogP contribution in [0.2, 0.25) is 0 Å². The lowest BCUT2D eigenvalue weighted by molar-refractivity contribution is -0.113. The number of ketones is 1. The van der Waals surface area contributed by atoms with Gasteiger partial charge in [0.15, 0.2) is 10.9 Å². The first-order valence-corrected chi connectivity index (χ1v) is 11.4. The van der Waals surface area contributed by atoms with E-state index in [4.69, 9.17) is 0 Å². The summed E-state index contributed by atoms with van der Waals surface area (Å²) < 4.78 is 2.16. The van der Waals surface area contributed by atoms with Crippen LogP contribution >= 0.6 is 23.1 Å². The maximum atomic E-state index is 13.2. The zero-order chi connectivity index (χ0) is 22.0. The Morgan fingerprint density at radius 1 is 1.10 bits per heavy atom. The zero-order valence-electron chi connectivity index (χ0n) is 16.9. The largest absolute Gasteiger partial charge is 0.325 e. The van der Waals surface area contributed by atoms with E-state index in [2.05, 4.69) is 10.3 Å². The molecule has 4 rings (SSSR count). The predicted octanol–water partition coefficient (Wildman–Crippen LogP) is 4.69. The number of amides is 1. The van der Waals surface area contributed by atoms with Crippen molar-refractivity contribution in [1.29, 1.82) is 0 Å². The van der Waals surface area contributed by atoms with Gasteiger partial charge in [-0.3, -0.25) is 19.0 Å². The van der Waals surface area contributed by atoms with Crippen molar-refractivity contribution in [3.63, 3.8) is 0 Å². The summed E-state index contributed by atoms with van der Waals surface area (Å²) >= 11 is 2.57. The maximum Gasteiger partial charge on any atom is 0.276 e. The van der Waals surface area contributed by atoms with Gasteiger partial charge in [-0.1, -0.05) is 30.0 Å². The minimum Gasteiger partial charge on any atom is -0.325 e. The second-order valence-corrected chi connectivity index (χ2v) is 8.79. The fraction of sp³-hybridized carbons (Fsp3) is 0.130. The molecule has 156 valence electrons. The van der Waals surface area contributed by atoms with E-state index in [1.165, 1.54) is 30.0 Å². The third kappa shape index (κ3) is 4.45. The van der Waals surface area contributed by atoms with Crippen LogP contribution in [0.25, 0.3) is 15.9 Å². The summed E-state index contributed by atoms with van der Waals surface area (Å²) in [5, 5.41) is 5.12. The van der Waals surface area contributed by atoms with Gasteiger partial charge in [0, 0.05) is 11.3 Å². The van der Waals surface area contributed by atoms with Crippen LogP contribution in [0.3, 0.4) is 0 Å². The molecule has 2 aromatic heterocycles. The number of hydrogen-bond acceptors (Lipinski definition) is 6. The smallest absolute Gasteiger partial charge is 0.276 e. The number of rotatable bonds is 6. The number of anilines is 1. The van der Waals surface area contributed by atoms with Crippen molar-refractivity contribution in [2.24, 2.45) is 0 Å². The highest BCUT2D eigenvalue weighted by atomic mass is 32.2. The van der Waals surface area contributed by atoms with E-state index in [9.17, 15) is 14.4 Å². The minimum atomic E-state index is -0.225. The van der Waals surface area contributed by atoms with Crippen molar-refractivity contribution in [1.82, 2.24) is 9.55 Å². The topological polar surface area (TPSA) is 81.1 Å². The Morgan fingerprint density at radius 3 is 2.55 bits per heavy atom. The molecule has 0 saturated carbocycles. The van der Waals surface area contributed by atoms with E-state index in [0.29, 0.717) is 26.6 Å². The van der Waals surface area contributed by atoms with Gasteiger partial charge in [-0.15, -0.1) is 11.3 Å². The predicted molar refractivity (Wildman–Crippen MR) is 126 cm³/mol. The van der Waals surface area contributed by atoms with E-state index < -0.39 is 0 Å². The van der Waals surface area contributed by atoms with Crippen molar-refractivity contribution in [2.75, 3.05) is 11.1 Å². The van der Waals surface area contributed by atoms with Gasteiger partial charge in [0.1, 0.15) is 4.70 Å². The van der Waals surface area contributed by atoms with Gasteiger partial charge in [0.05, 0.1) is 17.0 Å². The highest BCUT2D eigenvalue weighted by molar-refractivity contribution is 7.99. The van der Waals surface area contributed by atoms with Crippen LogP contribution in [0.5, 0.6) is 0 Å². The maximum absolute atomic E-state index is 13.2. The molecular weight excluding hydrogens is 430 g/mol. The lowest BCUT2D eigenvalue weighted by Crippen LogP contribution is -2.22. The number of benzene rings is 2. The lowest BCUT2D eigenvalue weighted by atomic mass is 10.1. The third-order valence-corrected chi connectivity index (χ3v) is 6.54. The Balaban J connectivity index is 1.60. The SMILES string of the molecule is CC(=O)c1ccc(NC(=O)CSc2nc3ccsc3c(=O)n2-c2ccccc2C)cc1. The summed E-state index contributed by atoms with van der Waals surface area (Å²) in [7, 11) is 0. The second kappa shape index (κ2) is 8.87. The van der Waals surface area contributed by atoms with Crippen molar-refractivity contribution in [3.05, 3.63) is 81.5 Å². The molecule has 1 N–H and O–H groups in total. The number of aryl methyl sites for hydroxylation is 1. The molecule has 0 unspecified atom stereocenters. The molecule has 31 heavy (non-hydrogen) atoms. The Kier molecular flexibility index (Phi) is 6.01. The molecule has 0 aliphatic heterocycles. The number of aromatic nitrogens is 2. The number of fused-ring (bicyclic) bond motifs is 1. The summed E-state index contributed by atoms with van der Waals surface area (Å²) in [6, 6.07) is 16.1.